The van der Waals surface area contributed by atoms with Gasteiger partial charge in [-0.3, -0.25) is 4.79 Å². The lowest BCUT2D eigenvalue weighted by Gasteiger charge is -2.37. The maximum absolute atomic E-state index is 12.2. The fourth-order valence-electron chi connectivity index (χ4n) is 2.25. The Kier molecular flexibility index (Phi) is 3.96. The van der Waals surface area contributed by atoms with E-state index in [9.17, 15) is 4.79 Å². The minimum atomic E-state index is 0.229. The van der Waals surface area contributed by atoms with Crippen LogP contribution in [0.4, 0.5) is 0 Å². The smallest absolute Gasteiger partial charge is 0.226 e. The third kappa shape index (κ3) is 3.49. The molecule has 2 nitrogen and oxygen atoms in total. The predicted molar refractivity (Wildman–Crippen MR) is 74.8 cm³/mol. The summed E-state index contributed by atoms with van der Waals surface area (Å²) in [5.74, 6) is 0.229. The van der Waals surface area contributed by atoms with Crippen LogP contribution < -0.4 is 0 Å². The van der Waals surface area contributed by atoms with E-state index < -0.39 is 0 Å². The summed E-state index contributed by atoms with van der Waals surface area (Å²) < 4.78 is 0. The maximum atomic E-state index is 12.2. The van der Waals surface area contributed by atoms with Gasteiger partial charge in [-0.1, -0.05) is 37.6 Å². The first-order valence-electron chi connectivity index (χ1n) is 6.48. The van der Waals surface area contributed by atoms with E-state index in [0.717, 1.165) is 31.5 Å². The second-order valence-corrected chi connectivity index (χ2v) is 6.28. The molecule has 1 fully saturated rings. The molecular formula is C15H20ClNO. The lowest BCUT2D eigenvalue weighted by atomic mass is 9.82. The molecule has 1 saturated heterocycles. The van der Waals surface area contributed by atoms with Gasteiger partial charge in [0.15, 0.2) is 0 Å². The first-order chi connectivity index (χ1) is 8.46. The molecule has 0 unspecified atom stereocenters. The first-order valence-corrected chi connectivity index (χ1v) is 6.86. The van der Waals surface area contributed by atoms with Gasteiger partial charge in [-0.15, -0.1) is 0 Å². The van der Waals surface area contributed by atoms with Gasteiger partial charge in [0.1, 0.15) is 0 Å². The number of hydrogen-bond acceptors (Lipinski definition) is 1. The topological polar surface area (TPSA) is 20.3 Å². The van der Waals surface area contributed by atoms with Gasteiger partial charge in [-0.05, 0) is 36.0 Å². The zero-order valence-corrected chi connectivity index (χ0v) is 11.8. The van der Waals surface area contributed by atoms with Crippen molar-refractivity contribution in [3.05, 3.63) is 34.9 Å². The van der Waals surface area contributed by atoms with Crippen molar-refractivity contribution in [2.45, 2.75) is 33.1 Å². The highest BCUT2D eigenvalue weighted by molar-refractivity contribution is 6.30. The van der Waals surface area contributed by atoms with Crippen LogP contribution in [0.5, 0.6) is 0 Å². The molecule has 3 heteroatoms. The molecule has 0 saturated carbocycles. The number of piperidine rings is 1. The average Bonchev–Trinajstić information content (AvgIpc) is 2.32. The van der Waals surface area contributed by atoms with Crippen LogP contribution in [0, 0.1) is 5.41 Å². The molecule has 98 valence electrons. The number of carbonyl (C=O) groups is 1. The van der Waals surface area contributed by atoms with Gasteiger partial charge in [-0.2, -0.15) is 0 Å². The largest absolute Gasteiger partial charge is 0.342 e. The average molecular weight is 266 g/mol. The third-order valence-electron chi connectivity index (χ3n) is 3.74. The number of likely N-dealkylation sites (tertiary alicyclic amines) is 1. The molecule has 0 spiro atoms. The maximum Gasteiger partial charge on any atom is 0.226 e. The monoisotopic (exact) mass is 265 g/mol. The fraction of sp³-hybridized carbons (Fsp3) is 0.533. The van der Waals surface area contributed by atoms with Crippen molar-refractivity contribution < 1.29 is 4.79 Å². The Bertz CT molecular complexity index is 415. The number of nitrogens with zero attached hydrogens (tertiary/aromatic N) is 1. The molecule has 2 rings (SSSR count). The second-order valence-electron chi connectivity index (χ2n) is 5.85. The molecule has 1 aliphatic heterocycles. The van der Waals surface area contributed by atoms with Crippen LogP contribution in [-0.2, 0) is 11.2 Å². The van der Waals surface area contributed by atoms with Crippen LogP contribution in [0.1, 0.15) is 32.3 Å². The SMILES string of the molecule is CC1(C)CCN(C(=O)Cc2ccc(Cl)cc2)CC1. The highest BCUT2D eigenvalue weighted by atomic mass is 35.5. The van der Waals surface area contributed by atoms with Crippen LogP contribution in [0.3, 0.4) is 0 Å². The third-order valence-corrected chi connectivity index (χ3v) is 3.99. The number of rotatable bonds is 2. The molecular weight excluding hydrogens is 246 g/mol. The summed E-state index contributed by atoms with van der Waals surface area (Å²) in [5, 5.41) is 0.714. The van der Waals surface area contributed by atoms with Crippen molar-refractivity contribution in [1.29, 1.82) is 0 Å². The first kappa shape index (κ1) is 13.4. The Morgan fingerprint density at radius 2 is 1.78 bits per heavy atom. The van der Waals surface area contributed by atoms with Crippen LogP contribution in [0.15, 0.2) is 24.3 Å². The van der Waals surface area contributed by atoms with E-state index in [-0.39, 0.29) is 5.91 Å². The van der Waals surface area contributed by atoms with E-state index in [2.05, 4.69) is 13.8 Å². The van der Waals surface area contributed by atoms with Crippen molar-refractivity contribution in [3.63, 3.8) is 0 Å². The number of benzene rings is 1. The van der Waals surface area contributed by atoms with Crippen molar-refractivity contribution >= 4 is 17.5 Å². The minimum Gasteiger partial charge on any atom is -0.342 e. The van der Waals surface area contributed by atoms with Gasteiger partial charge < -0.3 is 4.90 Å². The van der Waals surface area contributed by atoms with Crippen LogP contribution in [0.25, 0.3) is 0 Å². The Balaban J connectivity index is 1.91. The summed E-state index contributed by atoms with van der Waals surface area (Å²) in [5.41, 5.74) is 1.42. The Morgan fingerprint density at radius 1 is 1.22 bits per heavy atom. The van der Waals surface area contributed by atoms with Crippen molar-refractivity contribution in [2.75, 3.05) is 13.1 Å². The van der Waals surface area contributed by atoms with E-state index in [0.29, 0.717) is 16.9 Å². The quantitative estimate of drug-likeness (QED) is 0.801. The zero-order chi connectivity index (χ0) is 13.2. The summed E-state index contributed by atoms with van der Waals surface area (Å²) in [6.45, 7) is 6.32. The van der Waals surface area contributed by atoms with Gasteiger partial charge in [0, 0.05) is 18.1 Å². The summed E-state index contributed by atoms with van der Waals surface area (Å²) in [6.07, 6.45) is 2.68. The Hall–Kier alpha value is -1.02. The standard InChI is InChI=1S/C15H20ClNO/c1-15(2)7-9-17(10-8-15)14(18)11-12-3-5-13(16)6-4-12/h3-6H,7-11H2,1-2H3. The molecule has 0 aliphatic carbocycles. The highest BCUT2D eigenvalue weighted by Gasteiger charge is 2.27. The number of hydrogen-bond donors (Lipinski definition) is 0. The van der Waals surface area contributed by atoms with Crippen molar-refractivity contribution in [3.8, 4) is 0 Å². The second kappa shape index (κ2) is 5.31. The number of amides is 1. The summed E-state index contributed by atoms with van der Waals surface area (Å²) >= 11 is 5.83. The molecule has 0 atom stereocenters. The lowest BCUT2D eigenvalue weighted by molar-refractivity contribution is -0.132. The summed E-state index contributed by atoms with van der Waals surface area (Å²) in [4.78, 5) is 14.1. The number of carbonyl (C=O) groups excluding carboxylic acids is 1. The van der Waals surface area contributed by atoms with E-state index in [1.54, 1.807) is 0 Å². The van der Waals surface area contributed by atoms with E-state index in [4.69, 9.17) is 11.6 Å². The van der Waals surface area contributed by atoms with Gasteiger partial charge >= 0.3 is 0 Å². The van der Waals surface area contributed by atoms with E-state index in [1.165, 1.54) is 0 Å². The van der Waals surface area contributed by atoms with E-state index >= 15 is 0 Å². The zero-order valence-electron chi connectivity index (χ0n) is 11.1. The van der Waals surface area contributed by atoms with Crippen LogP contribution >= 0.6 is 11.6 Å². The molecule has 0 radical (unpaired) electrons. The van der Waals surface area contributed by atoms with Gasteiger partial charge in [0.05, 0.1) is 6.42 Å². The predicted octanol–water partition coefficient (Wildman–Crippen LogP) is 3.53. The lowest BCUT2D eigenvalue weighted by Crippen LogP contribution is -2.41. The fourth-order valence-corrected chi connectivity index (χ4v) is 2.38. The molecule has 0 bridgehead atoms. The minimum absolute atomic E-state index is 0.229. The van der Waals surface area contributed by atoms with Crippen molar-refractivity contribution in [2.24, 2.45) is 5.41 Å². The molecule has 0 aromatic heterocycles. The molecule has 1 aliphatic rings. The van der Waals surface area contributed by atoms with E-state index in [1.807, 2.05) is 29.2 Å². The highest BCUT2D eigenvalue weighted by Crippen LogP contribution is 2.29. The van der Waals surface area contributed by atoms with Gasteiger partial charge in [-0.25, -0.2) is 0 Å². The molecule has 0 N–H and O–H groups in total. The van der Waals surface area contributed by atoms with Gasteiger partial charge in [0.2, 0.25) is 5.91 Å². The molecule has 1 aromatic carbocycles. The summed E-state index contributed by atoms with van der Waals surface area (Å²) in [6, 6.07) is 7.52. The summed E-state index contributed by atoms with van der Waals surface area (Å²) in [7, 11) is 0. The molecule has 18 heavy (non-hydrogen) atoms. The van der Waals surface area contributed by atoms with Gasteiger partial charge in [0.25, 0.3) is 0 Å². The Morgan fingerprint density at radius 3 is 2.33 bits per heavy atom. The van der Waals surface area contributed by atoms with Crippen LogP contribution in [-0.4, -0.2) is 23.9 Å². The normalized spacial score (nSPS) is 18.7. The number of halogens is 1. The van der Waals surface area contributed by atoms with Crippen LogP contribution in [0.2, 0.25) is 5.02 Å². The molecule has 1 amide bonds. The molecule has 1 aromatic rings. The Labute approximate surface area is 114 Å². The van der Waals surface area contributed by atoms with Crippen molar-refractivity contribution in [1.82, 2.24) is 4.90 Å². The molecule has 1 heterocycles.